The van der Waals surface area contributed by atoms with Gasteiger partial charge in [-0.05, 0) is 89.9 Å². The SMILES string of the molecule is CC(=O)[C@@H](C)N(C)C(=O)[C@H](C)N(C)C(=O)[C@@H](NC(=O)[C@H](CC(C)C)N(C)C(=O)[C@H](C)N(C)C(=O)[C@H](NC(=O)[C@H](C)CC(C)C)C1CC1)C1CC1. The molecule has 13 heteroatoms. The molecule has 13 nitrogen and oxygen atoms in total. The van der Waals surface area contributed by atoms with E-state index in [0.717, 1.165) is 25.7 Å². The maximum Gasteiger partial charge on any atom is 0.245 e. The molecule has 2 N–H and O–H groups in total. The van der Waals surface area contributed by atoms with E-state index in [4.69, 9.17) is 0 Å². The molecule has 2 fully saturated rings. The fraction of sp³-hybridized carbons (Fsp3) is 0.811. The summed E-state index contributed by atoms with van der Waals surface area (Å²) in [5.41, 5.74) is 0. The van der Waals surface area contributed by atoms with Gasteiger partial charge in [-0.15, -0.1) is 0 Å². The van der Waals surface area contributed by atoms with Gasteiger partial charge in [0.25, 0.3) is 0 Å². The highest BCUT2D eigenvalue weighted by atomic mass is 16.2. The third-order valence-electron chi connectivity index (χ3n) is 10.5. The summed E-state index contributed by atoms with van der Waals surface area (Å²) in [4.78, 5) is 98.6. The van der Waals surface area contributed by atoms with Gasteiger partial charge in [0.05, 0.1) is 6.04 Å². The molecule has 0 radical (unpaired) electrons. The normalized spacial score (nSPS) is 18.5. The minimum absolute atomic E-state index is 0.0191. The molecule has 2 aliphatic carbocycles. The number of likely N-dealkylation sites (N-methyl/N-ethyl adjacent to an activating group) is 4. The molecule has 2 saturated carbocycles. The average molecular weight is 705 g/mol. The number of carbonyl (C=O) groups excluding carboxylic acids is 7. The second-order valence-corrected chi connectivity index (χ2v) is 15.8. The molecule has 2 rings (SSSR count). The summed E-state index contributed by atoms with van der Waals surface area (Å²) in [6, 6.07) is -4.98. The van der Waals surface area contributed by atoms with Crippen molar-refractivity contribution in [3.63, 3.8) is 0 Å². The Hall–Kier alpha value is -3.51. The van der Waals surface area contributed by atoms with Crippen LogP contribution >= 0.6 is 0 Å². The zero-order valence-corrected chi connectivity index (χ0v) is 32.7. The Kier molecular flexibility index (Phi) is 15.5. The first kappa shape index (κ1) is 42.7. The molecule has 6 amide bonds. The van der Waals surface area contributed by atoms with Crippen LogP contribution in [0.1, 0.15) is 101 Å². The second kappa shape index (κ2) is 18.1. The molecule has 0 aromatic rings. The first-order chi connectivity index (χ1) is 23.1. The third-order valence-corrected chi connectivity index (χ3v) is 10.5. The van der Waals surface area contributed by atoms with Crippen LogP contribution in [-0.4, -0.2) is 125 Å². The smallest absolute Gasteiger partial charge is 0.245 e. The summed E-state index contributed by atoms with van der Waals surface area (Å²) in [5, 5.41) is 5.86. The Morgan fingerprint density at radius 3 is 1.24 bits per heavy atom. The van der Waals surface area contributed by atoms with Crippen molar-refractivity contribution >= 4 is 41.2 Å². The minimum atomic E-state index is -0.926. The molecular weight excluding hydrogens is 640 g/mol. The molecule has 2 aliphatic rings. The number of ketones is 1. The number of nitrogens with one attached hydrogen (secondary N) is 2. The van der Waals surface area contributed by atoms with Gasteiger partial charge in [-0.1, -0.05) is 34.6 Å². The number of hydrogen-bond acceptors (Lipinski definition) is 7. The van der Waals surface area contributed by atoms with Gasteiger partial charge < -0.3 is 30.2 Å². The molecule has 50 heavy (non-hydrogen) atoms. The number of Topliss-reactive ketones (excluding diaryl/α,β-unsaturated/α-hetero) is 1. The van der Waals surface area contributed by atoms with Crippen molar-refractivity contribution in [2.75, 3.05) is 28.2 Å². The van der Waals surface area contributed by atoms with Crippen LogP contribution in [0.15, 0.2) is 0 Å². The van der Waals surface area contributed by atoms with E-state index in [9.17, 15) is 33.6 Å². The highest BCUT2D eigenvalue weighted by molar-refractivity contribution is 5.97. The second-order valence-electron chi connectivity index (χ2n) is 15.8. The molecule has 0 bridgehead atoms. The number of nitrogens with zero attached hydrogens (tertiary/aromatic N) is 4. The van der Waals surface area contributed by atoms with Gasteiger partial charge in [-0.2, -0.15) is 0 Å². The topological polar surface area (TPSA) is 157 Å². The fourth-order valence-corrected chi connectivity index (χ4v) is 6.23. The first-order valence-corrected chi connectivity index (χ1v) is 18.3. The molecule has 284 valence electrons. The van der Waals surface area contributed by atoms with Crippen molar-refractivity contribution in [2.24, 2.45) is 29.6 Å². The van der Waals surface area contributed by atoms with Crippen LogP contribution in [0.4, 0.5) is 0 Å². The fourth-order valence-electron chi connectivity index (χ4n) is 6.23. The summed E-state index contributed by atoms with van der Waals surface area (Å²) in [5.74, 6) is -2.42. The van der Waals surface area contributed by atoms with Gasteiger partial charge in [-0.25, -0.2) is 0 Å². The van der Waals surface area contributed by atoms with Crippen LogP contribution in [0, 0.1) is 29.6 Å². The van der Waals surface area contributed by atoms with E-state index in [2.05, 4.69) is 10.6 Å². The molecule has 7 atom stereocenters. The predicted molar refractivity (Wildman–Crippen MR) is 191 cm³/mol. The average Bonchev–Trinajstić information content (AvgIpc) is 3.98. The molecule has 0 unspecified atom stereocenters. The third kappa shape index (κ3) is 11.2. The molecule has 0 heterocycles. The number of rotatable bonds is 19. The lowest BCUT2D eigenvalue weighted by Crippen LogP contribution is -2.60. The molecular formula is C37H64N6O7. The Morgan fingerprint density at radius 2 is 0.880 bits per heavy atom. The van der Waals surface area contributed by atoms with Crippen molar-refractivity contribution < 1.29 is 33.6 Å². The maximum absolute atomic E-state index is 13.9. The van der Waals surface area contributed by atoms with Gasteiger partial charge in [0.2, 0.25) is 35.4 Å². The summed E-state index contributed by atoms with van der Waals surface area (Å²) in [6.45, 7) is 16.0. The highest BCUT2D eigenvalue weighted by Crippen LogP contribution is 2.35. The standard InChI is InChI=1S/C37H64N6O7/c1-20(2)18-22(5)32(45)38-30(27-14-15-27)36(49)42(12)25(8)35(48)43(13)29(19-21(3)4)33(46)39-31(28-16-17-28)37(50)41(11)24(7)34(47)40(10)23(6)26(9)44/h20-25,27-31H,14-19H2,1-13H3,(H,38,45)(H,39,46)/t22-,23-,24+,25+,29+,30-,31+/m1/s1. The van der Waals surface area contributed by atoms with E-state index in [1.165, 1.54) is 47.7 Å². The molecule has 0 saturated heterocycles. The van der Waals surface area contributed by atoms with E-state index in [-0.39, 0.29) is 41.3 Å². The van der Waals surface area contributed by atoms with Crippen molar-refractivity contribution in [3.05, 3.63) is 0 Å². The maximum atomic E-state index is 13.9. The Morgan fingerprint density at radius 1 is 0.520 bits per heavy atom. The van der Waals surface area contributed by atoms with Gasteiger partial charge in [0.15, 0.2) is 5.78 Å². The Labute approximate surface area is 299 Å². The van der Waals surface area contributed by atoms with Gasteiger partial charge in [0.1, 0.15) is 30.2 Å². The van der Waals surface area contributed by atoms with Gasteiger partial charge in [-0.3, -0.25) is 33.6 Å². The molecule has 0 aromatic heterocycles. The van der Waals surface area contributed by atoms with Crippen LogP contribution in [-0.2, 0) is 33.6 Å². The van der Waals surface area contributed by atoms with E-state index in [1.54, 1.807) is 27.8 Å². The van der Waals surface area contributed by atoms with E-state index >= 15 is 0 Å². The zero-order valence-electron chi connectivity index (χ0n) is 32.7. The quantitative estimate of drug-likeness (QED) is 0.209. The van der Waals surface area contributed by atoms with Gasteiger partial charge >= 0.3 is 0 Å². The van der Waals surface area contributed by atoms with Crippen LogP contribution in [0.5, 0.6) is 0 Å². The lowest BCUT2D eigenvalue weighted by atomic mass is 9.97. The molecule has 0 spiro atoms. The monoisotopic (exact) mass is 704 g/mol. The Bertz CT molecular complexity index is 1260. The van der Waals surface area contributed by atoms with E-state index < -0.39 is 59.9 Å². The van der Waals surface area contributed by atoms with Crippen molar-refractivity contribution in [3.8, 4) is 0 Å². The highest BCUT2D eigenvalue weighted by Gasteiger charge is 2.44. The number of carbonyl (C=O) groups is 7. The molecule has 0 aromatic carbocycles. The molecule has 0 aliphatic heterocycles. The van der Waals surface area contributed by atoms with E-state index in [1.807, 2.05) is 34.6 Å². The largest absolute Gasteiger partial charge is 0.344 e. The number of amides is 6. The van der Waals surface area contributed by atoms with Gasteiger partial charge in [0, 0.05) is 34.1 Å². The van der Waals surface area contributed by atoms with Crippen LogP contribution < -0.4 is 10.6 Å². The lowest BCUT2D eigenvalue weighted by Gasteiger charge is -2.36. The van der Waals surface area contributed by atoms with Crippen LogP contribution in [0.25, 0.3) is 0 Å². The number of hydrogen-bond donors (Lipinski definition) is 2. The van der Waals surface area contributed by atoms with Crippen molar-refractivity contribution in [2.45, 2.75) is 137 Å². The van der Waals surface area contributed by atoms with Crippen LogP contribution in [0.2, 0.25) is 0 Å². The van der Waals surface area contributed by atoms with Crippen LogP contribution in [0.3, 0.4) is 0 Å². The summed E-state index contributed by atoms with van der Waals surface area (Å²) < 4.78 is 0. The predicted octanol–water partition coefficient (Wildman–Crippen LogP) is 2.46. The summed E-state index contributed by atoms with van der Waals surface area (Å²) in [7, 11) is 6.11. The van der Waals surface area contributed by atoms with Crippen molar-refractivity contribution in [1.29, 1.82) is 0 Å². The van der Waals surface area contributed by atoms with Crippen molar-refractivity contribution in [1.82, 2.24) is 30.2 Å². The minimum Gasteiger partial charge on any atom is -0.344 e. The summed E-state index contributed by atoms with van der Waals surface area (Å²) in [6.07, 6.45) is 4.12. The van der Waals surface area contributed by atoms with E-state index in [0.29, 0.717) is 18.8 Å². The first-order valence-electron chi connectivity index (χ1n) is 18.3. The zero-order chi connectivity index (χ0) is 38.4. The summed E-state index contributed by atoms with van der Waals surface area (Å²) >= 11 is 0. The lowest BCUT2D eigenvalue weighted by molar-refractivity contribution is -0.150. The Balaban J connectivity index is 2.20.